The average molecular weight is 486 g/mol. The third kappa shape index (κ3) is 11.0. The van der Waals surface area contributed by atoms with E-state index in [2.05, 4.69) is 21.9 Å². The molecule has 1 aromatic heterocycles. The summed E-state index contributed by atoms with van der Waals surface area (Å²) in [6.07, 6.45) is 21.9. The molecule has 0 radical (unpaired) electrons. The monoisotopic (exact) mass is 485 g/mol. The van der Waals surface area contributed by atoms with Crippen molar-refractivity contribution in [3.8, 4) is 5.75 Å². The maximum atomic E-state index is 6.06. The molecule has 35 heavy (non-hydrogen) atoms. The SMILES string of the molecule is CCCCCCCCCCCCCCCCCCOc1cc(C2=NCCO2)nc(C2=NCCO2)c1. The van der Waals surface area contributed by atoms with Gasteiger partial charge in [0.1, 0.15) is 30.4 Å². The smallest absolute Gasteiger partial charge is 0.235 e. The summed E-state index contributed by atoms with van der Waals surface area (Å²) < 4.78 is 17.3. The molecule has 6 nitrogen and oxygen atoms in total. The molecule has 0 aromatic carbocycles. The number of hydrogen-bond donors (Lipinski definition) is 0. The zero-order valence-corrected chi connectivity index (χ0v) is 22.1. The highest BCUT2D eigenvalue weighted by Gasteiger charge is 2.19. The van der Waals surface area contributed by atoms with Crippen molar-refractivity contribution in [2.45, 2.75) is 110 Å². The third-order valence-corrected chi connectivity index (χ3v) is 6.67. The molecule has 0 spiro atoms. The van der Waals surface area contributed by atoms with Crippen molar-refractivity contribution in [2.24, 2.45) is 9.98 Å². The number of unbranched alkanes of at least 4 members (excludes halogenated alkanes) is 15. The van der Waals surface area contributed by atoms with Crippen molar-refractivity contribution < 1.29 is 14.2 Å². The van der Waals surface area contributed by atoms with Crippen LogP contribution in [0.25, 0.3) is 0 Å². The molecule has 3 rings (SSSR count). The van der Waals surface area contributed by atoms with Crippen LogP contribution in [0.15, 0.2) is 22.1 Å². The van der Waals surface area contributed by atoms with Crippen LogP contribution in [0.5, 0.6) is 5.75 Å². The lowest BCUT2D eigenvalue weighted by molar-refractivity contribution is 0.302. The maximum Gasteiger partial charge on any atom is 0.235 e. The van der Waals surface area contributed by atoms with Crippen LogP contribution in [0, 0.1) is 0 Å². The highest BCUT2D eigenvalue weighted by atomic mass is 16.5. The minimum absolute atomic E-state index is 0.581. The van der Waals surface area contributed by atoms with Gasteiger partial charge in [-0.3, -0.25) is 0 Å². The second-order valence-electron chi connectivity index (χ2n) is 9.80. The fraction of sp³-hybridized carbons (Fsp3) is 0.759. The summed E-state index contributed by atoms with van der Waals surface area (Å²) >= 11 is 0. The molecule has 0 bridgehead atoms. The highest BCUT2D eigenvalue weighted by molar-refractivity contribution is 5.97. The van der Waals surface area contributed by atoms with Crippen molar-refractivity contribution in [1.82, 2.24) is 4.98 Å². The first-order valence-electron chi connectivity index (χ1n) is 14.4. The first-order valence-corrected chi connectivity index (χ1v) is 14.4. The Balaban J connectivity index is 1.21. The van der Waals surface area contributed by atoms with E-state index in [4.69, 9.17) is 14.2 Å². The lowest BCUT2D eigenvalue weighted by atomic mass is 10.0. The molecule has 0 amide bonds. The number of nitrogens with zero attached hydrogens (tertiary/aromatic N) is 3. The number of ether oxygens (including phenoxy) is 3. The minimum atomic E-state index is 0.581. The summed E-state index contributed by atoms with van der Waals surface area (Å²) in [6.45, 7) is 5.56. The fourth-order valence-corrected chi connectivity index (χ4v) is 4.63. The number of aliphatic imine (C=N–C) groups is 2. The largest absolute Gasteiger partial charge is 0.493 e. The van der Waals surface area contributed by atoms with E-state index in [1.54, 1.807) is 0 Å². The van der Waals surface area contributed by atoms with E-state index >= 15 is 0 Å². The summed E-state index contributed by atoms with van der Waals surface area (Å²) in [6, 6.07) is 3.82. The molecule has 2 aliphatic heterocycles. The van der Waals surface area contributed by atoms with E-state index in [1.165, 1.54) is 96.3 Å². The quantitative estimate of drug-likeness (QED) is 0.182. The van der Waals surface area contributed by atoms with Gasteiger partial charge in [0.15, 0.2) is 0 Å². The van der Waals surface area contributed by atoms with Crippen LogP contribution < -0.4 is 4.74 Å². The molecule has 0 unspecified atom stereocenters. The topological polar surface area (TPSA) is 65.3 Å². The molecule has 1 aromatic rings. The van der Waals surface area contributed by atoms with Crippen LogP contribution >= 0.6 is 0 Å². The van der Waals surface area contributed by atoms with Gasteiger partial charge in [-0.05, 0) is 6.42 Å². The Kier molecular flexibility index (Phi) is 13.6. The molecule has 2 aliphatic rings. The fourth-order valence-electron chi connectivity index (χ4n) is 4.63. The zero-order valence-electron chi connectivity index (χ0n) is 22.1. The molecule has 0 atom stereocenters. The minimum Gasteiger partial charge on any atom is -0.493 e. The van der Waals surface area contributed by atoms with Crippen LogP contribution in [0.2, 0.25) is 0 Å². The van der Waals surface area contributed by atoms with E-state index in [-0.39, 0.29) is 0 Å². The molecule has 3 heterocycles. The van der Waals surface area contributed by atoms with E-state index in [1.807, 2.05) is 12.1 Å². The second kappa shape index (κ2) is 17.3. The summed E-state index contributed by atoms with van der Waals surface area (Å²) in [4.78, 5) is 13.4. The predicted octanol–water partition coefficient (Wildman–Crippen LogP) is 7.28. The van der Waals surface area contributed by atoms with E-state index in [0.29, 0.717) is 56.1 Å². The molecule has 0 saturated heterocycles. The lowest BCUT2D eigenvalue weighted by Crippen LogP contribution is -2.11. The summed E-state index contributed by atoms with van der Waals surface area (Å²) in [5.41, 5.74) is 1.39. The van der Waals surface area contributed by atoms with Crippen molar-refractivity contribution in [3.63, 3.8) is 0 Å². The molecule has 6 heteroatoms. The lowest BCUT2D eigenvalue weighted by Gasteiger charge is -2.11. The second-order valence-corrected chi connectivity index (χ2v) is 9.80. The van der Waals surface area contributed by atoms with Crippen LogP contribution in [-0.4, -0.2) is 49.7 Å². The Morgan fingerprint density at radius 2 is 1.06 bits per heavy atom. The first kappa shape index (κ1) is 27.5. The number of pyridine rings is 1. The van der Waals surface area contributed by atoms with Crippen LogP contribution in [-0.2, 0) is 9.47 Å². The van der Waals surface area contributed by atoms with Crippen LogP contribution in [0.3, 0.4) is 0 Å². The van der Waals surface area contributed by atoms with Gasteiger partial charge in [-0.15, -0.1) is 0 Å². The summed E-state index contributed by atoms with van der Waals surface area (Å²) in [5.74, 6) is 1.94. The molecule has 0 N–H and O–H groups in total. The summed E-state index contributed by atoms with van der Waals surface area (Å²) in [7, 11) is 0. The van der Waals surface area contributed by atoms with Gasteiger partial charge in [-0.1, -0.05) is 103 Å². The van der Waals surface area contributed by atoms with Gasteiger partial charge in [-0.25, -0.2) is 15.0 Å². The van der Waals surface area contributed by atoms with Gasteiger partial charge in [0.05, 0.1) is 19.7 Å². The van der Waals surface area contributed by atoms with Crippen LogP contribution in [0.1, 0.15) is 121 Å². The van der Waals surface area contributed by atoms with Gasteiger partial charge in [0, 0.05) is 12.1 Å². The number of aromatic nitrogens is 1. The zero-order chi connectivity index (χ0) is 24.4. The normalized spacial score (nSPS) is 15.0. The molecule has 0 fully saturated rings. The van der Waals surface area contributed by atoms with E-state index in [0.717, 1.165) is 12.2 Å². The third-order valence-electron chi connectivity index (χ3n) is 6.67. The molecule has 0 aliphatic carbocycles. The van der Waals surface area contributed by atoms with Gasteiger partial charge >= 0.3 is 0 Å². The summed E-state index contributed by atoms with van der Waals surface area (Å²) in [5, 5.41) is 0. The number of rotatable bonds is 20. The average Bonchev–Trinajstić information content (AvgIpc) is 3.61. The highest BCUT2D eigenvalue weighted by Crippen LogP contribution is 2.20. The van der Waals surface area contributed by atoms with Crippen molar-refractivity contribution in [2.75, 3.05) is 32.9 Å². The van der Waals surface area contributed by atoms with Crippen molar-refractivity contribution in [3.05, 3.63) is 23.5 Å². The Bertz CT molecular complexity index is 736. The standard InChI is InChI=1S/C29H47N3O3/c1-2-3-4-5-6-7-8-9-10-11-12-13-14-15-16-17-20-33-25-23-26(28-30-18-21-34-28)32-27(24-25)29-31-19-22-35-29/h23-24H,2-22H2,1H3. The Hall–Kier alpha value is -2.11. The van der Waals surface area contributed by atoms with Gasteiger partial charge in [-0.2, -0.15) is 0 Å². The van der Waals surface area contributed by atoms with Gasteiger partial charge in [0.25, 0.3) is 0 Å². The Labute approximate surface area is 213 Å². The first-order chi connectivity index (χ1) is 17.4. The molecule has 0 saturated carbocycles. The van der Waals surface area contributed by atoms with E-state index < -0.39 is 0 Å². The number of hydrogen-bond acceptors (Lipinski definition) is 6. The van der Waals surface area contributed by atoms with Gasteiger partial charge < -0.3 is 14.2 Å². The van der Waals surface area contributed by atoms with Crippen molar-refractivity contribution in [1.29, 1.82) is 0 Å². The van der Waals surface area contributed by atoms with E-state index in [9.17, 15) is 0 Å². The Morgan fingerprint density at radius 3 is 1.46 bits per heavy atom. The van der Waals surface area contributed by atoms with Crippen molar-refractivity contribution >= 4 is 11.8 Å². The molecular weight excluding hydrogens is 438 g/mol. The Morgan fingerprint density at radius 1 is 0.629 bits per heavy atom. The predicted molar refractivity (Wildman–Crippen MR) is 144 cm³/mol. The molecular formula is C29H47N3O3. The molecule has 196 valence electrons. The van der Waals surface area contributed by atoms with Crippen LogP contribution in [0.4, 0.5) is 0 Å². The maximum absolute atomic E-state index is 6.06. The van der Waals surface area contributed by atoms with Gasteiger partial charge in [0.2, 0.25) is 11.8 Å².